The first kappa shape index (κ1) is 9.98. The number of halogens is 3. The zero-order chi connectivity index (χ0) is 10.4. The molecule has 1 aromatic rings. The first-order valence-corrected chi connectivity index (χ1v) is 4.94. The highest BCUT2D eigenvalue weighted by molar-refractivity contribution is 9.10. The number of aromatic nitrogens is 1. The van der Waals surface area contributed by atoms with Gasteiger partial charge in [-0.05, 0) is 28.1 Å². The third-order valence-corrected chi connectivity index (χ3v) is 2.74. The Kier molecular flexibility index (Phi) is 2.12. The van der Waals surface area contributed by atoms with Gasteiger partial charge in [0.05, 0.1) is 5.69 Å². The molecule has 0 unspecified atom stereocenters. The maximum atomic E-state index is 12.6. The van der Waals surface area contributed by atoms with E-state index >= 15 is 0 Å². The van der Waals surface area contributed by atoms with E-state index < -0.39 is 24.4 Å². The lowest BCUT2D eigenvalue weighted by atomic mass is 9.74. The molecule has 1 heterocycles. The lowest BCUT2D eigenvalue weighted by Crippen LogP contribution is -2.49. The average molecular weight is 264 g/mol. The van der Waals surface area contributed by atoms with Crippen molar-refractivity contribution in [1.29, 1.82) is 0 Å². The number of pyridine rings is 1. The van der Waals surface area contributed by atoms with E-state index in [9.17, 15) is 13.9 Å². The standard InChI is InChI=1S/C9H8BrF2NO/c10-7-3-1-2-6(13-7)8(14)4-9(11,12)5-8/h1-3,14H,4-5H2. The smallest absolute Gasteiger partial charge is 0.254 e. The molecule has 1 aliphatic rings. The largest absolute Gasteiger partial charge is 0.383 e. The lowest BCUT2D eigenvalue weighted by Gasteiger charge is -2.42. The molecule has 0 aliphatic heterocycles. The van der Waals surface area contributed by atoms with Gasteiger partial charge in [-0.15, -0.1) is 0 Å². The molecular formula is C9H8BrF2NO. The first-order valence-electron chi connectivity index (χ1n) is 4.15. The Balaban J connectivity index is 2.25. The highest BCUT2D eigenvalue weighted by atomic mass is 79.9. The highest BCUT2D eigenvalue weighted by Crippen LogP contribution is 2.50. The van der Waals surface area contributed by atoms with Gasteiger partial charge in [-0.1, -0.05) is 6.07 Å². The van der Waals surface area contributed by atoms with Crippen LogP contribution in [0.5, 0.6) is 0 Å². The van der Waals surface area contributed by atoms with Crippen molar-refractivity contribution in [2.45, 2.75) is 24.4 Å². The Morgan fingerprint density at radius 2 is 2.00 bits per heavy atom. The molecule has 76 valence electrons. The lowest BCUT2D eigenvalue weighted by molar-refractivity contribution is -0.212. The molecule has 0 aromatic carbocycles. The summed E-state index contributed by atoms with van der Waals surface area (Å²) in [5.41, 5.74) is -1.15. The number of hydrogen-bond donors (Lipinski definition) is 1. The molecule has 0 atom stereocenters. The van der Waals surface area contributed by atoms with Crippen molar-refractivity contribution >= 4 is 15.9 Å². The van der Waals surface area contributed by atoms with Gasteiger partial charge >= 0.3 is 0 Å². The van der Waals surface area contributed by atoms with Crippen molar-refractivity contribution < 1.29 is 13.9 Å². The van der Waals surface area contributed by atoms with E-state index in [-0.39, 0.29) is 0 Å². The number of aliphatic hydroxyl groups is 1. The number of alkyl halides is 2. The predicted octanol–water partition coefficient (Wildman–Crippen LogP) is 2.46. The summed E-state index contributed by atoms with van der Waals surface area (Å²) >= 11 is 3.13. The third-order valence-electron chi connectivity index (χ3n) is 2.29. The van der Waals surface area contributed by atoms with E-state index in [1.54, 1.807) is 18.2 Å². The van der Waals surface area contributed by atoms with Crippen molar-refractivity contribution in [2.75, 3.05) is 0 Å². The Morgan fingerprint density at radius 3 is 2.50 bits per heavy atom. The van der Waals surface area contributed by atoms with Gasteiger partial charge in [0.25, 0.3) is 5.92 Å². The van der Waals surface area contributed by atoms with Crippen LogP contribution in [0.3, 0.4) is 0 Å². The van der Waals surface area contributed by atoms with Crippen LogP contribution in [0.1, 0.15) is 18.5 Å². The van der Waals surface area contributed by atoms with Crippen LogP contribution in [0.2, 0.25) is 0 Å². The van der Waals surface area contributed by atoms with Gasteiger partial charge in [-0.2, -0.15) is 0 Å². The van der Waals surface area contributed by atoms with E-state index in [0.717, 1.165) is 0 Å². The second-order valence-corrected chi connectivity index (χ2v) is 4.40. The SMILES string of the molecule is OC1(c2cccc(Br)n2)CC(F)(F)C1. The molecule has 0 radical (unpaired) electrons. The van der Waals surface area contributed by atoms with Gasteiger partial charge in [0.1, 0.15) is 10.2 Å². The summed E-state index contributed by atoms with van der Waals surface area (Å²) in [6.07, 6.45) is -1.08. The maximum absolute atomic E-state index is 12.6. The zero-order valence-electron chi connectivity index (χ0n) is 7.17. The maximum Gasteiger partial charge on any atom is 0.254 e. The molecule has 1 N–H and O–H groups in total. The minimum absolute atomic E-state index is 0.304. The molecule has 0 saturated heterocycles. The molecule has 1 aliphatic carbocycles. The Bertz CT molecular complexity index is 362. The molecule has 1 saturated carbocycles. The summed E-state index contributed by atoms with van der Waals surface area (Å²) < 4.78 is 25.8. The first-order chi connectivity index (χ1) is 6.41. The summed E-state index contributed by atoms with van der Waals surface area (Å²) in [6, 6.07) is 4.91. The molecule has 1 aromatic heterocycles. The molecule has 1 fully saturated rings. The van der Waals surface area contributed by atoms with Gasteiger partial charge < -0.3 is 5.11 Å². The average Bonchev–Trinajstić information content (AvgIpc) is 2.00. The van der Waals surface area contributed by atoms with Crippen molar-refractivity contribution in [1.82, 2.24) is 4.98 Å². The van der Waals surface area contributed by atoms with Crippen molar-refractivity contribution in [2.24, 2.45) is 0 Å². The van der Waals surface area contributed by atoms with Crippen LogP contribution in [0, 0.1) is 0 Å². The second-order valence-electron chi connectivity index (χ2n) is 3.59. The number of nitrogens with zero attached hydrogens (tertiary/aromatic N) is 1. The van der Waals surface area contributed by atoms with Gasteiger partial charge in [0, 0.05) is 12.8 Å². The van der Waals surface area contributed by atoms with Crippen LogP contribution in [0.4, 0.5) is 8.78 Å². The molecule has 2 nitrogen and oxygen atoms in total. The van der Waals surface area contributed by atoms with E-state index in [0.29, 0.717) is 10.3 Å². The van der Waals surface area contributed by atoms with Gasteiger partial charge in [0.15, 0.2) is 0 Å². The van der Waals surface area contributed by atoms with E-state index in [2.05, 4.69) is 20.9 Å². The summed E-state index contributed by atoms with van der Waals surface area (Å²) in [4.78, 5) is 3.97. The highest BCUT2D eigenvalue weighted by Gasteiger charge is 2.57. The van der Waals surface area contributed by atoms with Crippen molar-refractivity contribution in [3.63, 3.8) is 0 Å². The molecule has 0 spiro atoms. The van der Waals surface area contributed by atoms with Crippen LogP contribution in [0.15, 0.2) is 22.8 Å². The molecule has 0 bridgehead atoms. The van der Waals surface area contributed by atoms with Crippen LogP contribution < -0.4 is 0 Å². The predicted molar refractivity (Wildman–Crippen MR) is 50.0 cm³/mol. The monoisotopic (exact) mass is 263 g/mol. The van der Waals surface area contributed by atoms with Crippen LogP contribution >= 0.6 is 15.9 Å². The van der Waals surface area contributed by atoms with Crippen LogP contribution in [-0.2, 0) is 5.60 Å². The Hall–Kier alpha value is -0.550. The Labute approximate surface area is 88.1 Å². The summed E-state index contributed by atoms with van der Waals surface area (Å²) in [6.45, 7) is 0. The number of hydrogen-bond acceptors (Lipinski definition) is 2. The number of rotatable bonds is 1. The molecule has 14 heavy (non-hydrogen) atoms. The second kappa shape index (κ2) is 2.97. The fraction of sp³-hybridized carbons (Fsp3) is 0.444. The van der Waals surface area contributed by atoms with Gasteiger partial charge in [-0.3, -0.25) is 0 Å². The minimum atomic E-state index is -2.75. The van der Waals surface area contributed by atoms with E-state index in [4.69, 9.17) is 0 Å². The van der Waals surface area contributed by atoms with E-state index in [1.807, 2.05) is 0 Å². The topological polar surface area (TPSA) is 33.1 Å². The van der Waals surface area contributed by atoms with E-state index in [1.165, 1.54) is 0 Å². The molecule has 2 rings (SSSR count). The summed E-state index contributed by atoms with van der Waals surface area (Å²) in [5.74, 6) is -2.75. The van der Waals surface area contributed by atoms with Crippen molar-refractivity contribution in [3.8, 4) is 0 Å². The summed E-state index contributed by atoms with van der Waals surface area (Å²) in [7, 11) is 0. The fourth-order valence-electron chi connectivity index (χ4n) is 1.65. The minimum Gasteiger partial charge on any atom is -0.383 e. The Morgan fingerprint density at radius 1 is 1.36 bits per heavy atom. The normalized spacial score (nSPS) is 22.9. The zero-order valence-corrected chi connectivity index (χ0v) is 8.76. The molecule has 5 heteroatoms. The van der Waals surface area contributed by atoms with Crippen LogP contribution in [-0.4, -0.2) is 16.0 Å². The third kappa shape index (κ3) is 1.66. The van der Waals surface area contributed by atoms with Crippen molar-refractivity contribution in [3.05, 3.63) is 28.5 Å². The molecule has 0 amide bonds. The van der Waals surface area contributed by atoms with Crippen LogP contribution in [0.25, 0.3) is 0 Å². The van der Waals surface area contributed by atoms with Gasteiger partial charge in [0.2, 0.25) is 0 Å². The summed E-state index contributed by atoms with van der Waals surface area (Å²) in [5, 5.41) is 9.78. The quantitative estimate of drug-likeness (QED) is 0.790. The molecular weight excluding hydrogens is 256 g/mol. The van der Waals surface area contributed by atoms with Gasteiger partial charge in [-0.25, -0.2) is 13.8 Å². The fourth-order valence-corrected chi connectivity index (χ4v) is 2.00.